The molecule has 2 heterocycles. The zero-order valence-electron chi connectivity index (χ0n) is 14.9. The van der Waals surface area contributed by atoms with Crippen LogP contribution in [0.5, 0.6) is 5.75 Å². The van der Waals surface area contributed by atoms with Gasteiger partial charge in [-0.15, -0.1) is 0 Å². The molecule has 4 aromatic rings. The molecule has 0 bridgehead atoms. The average Bonchev–Trinajstić information content (AvgIpc) is 3.12. The van der Waals surface area contributed by atoms with Gasteiger partial charge in [0.15, 0.2) is 5.16 Å². The minimum absolute atomic E-state index is 0.118. The van der Waals surface area contributed by atoms with Crippen LogP contribution in [0.3, 0.4) is 0 Å². The van der Waals surface area contributed by atoms with Gasteiger partial charge in [0.1, 0.15) is 11.5 Å². The van der Waals surface area contributed by atoms with Gasteiger partial charge in [-0.2, -0.15) is 0 Å². The Balaban J connectivity index is 1.85. The second-order valence-electron chi connectivity index (χ2n) is 5.97. The second kappa shape index (κ2) is 7.28. The van der Waals surface area contributed by atoms with Gasteiger partial charge in [-0.25, -0.2) is 4.98 Å². The summed E-state index contributed by atoms with van der Waals surface area (Å²) in [5.41, 5.74) is 2.06. The molecule has 0 fully saturated rings. The second-order valence-corrected chi connectivity index (χ2v) is 6.91. The van der Waals surface area contributed by atoms with Crippen molar-refractivity contribution in [2.45, 2.75) is 17.8 Å². The Morgan fingerprint density at radius 1 is 1.15 bits per heavy atom. The molecule has 0 unspecified atom stereocenters. The Morgan fingerprint density at radius 2 is 2.00 bits per heavy atom. The molecule has 0 saturated heterocycles. The average molecular weight is 379 g/mol. The van der Waals surface area contributed by atoms with Crippen LogP contribution in [-0.2, 0) is 5.75 Å². The van der Waals surface area contributed by atoms with Crippen molar-refractivity contribution in [3.63, 3.8) is 0 Å². The molecule has 2 aromatic carbocycles. The van der Waals surface area contributed by atoms with Crippen molar-refractivity contribution in [3.05, 3.63) is 76.4 Å². The van der Waals surface area contributed by atoms with Crippen molar-refractivity contribution in [1.29, 1.82) is 0 Å². The molecule has 136 valence electrons. The minimum atomic E-state index is -0.118. The van der Waals surface area contributed by atoms with Crippen molar-refractivity contribution in [2.75, 3.05) is 7.11 Å². The molecule has 0 spiro atoms. The van der Waals surface area contributed by atoms with E-state index in [0.29, 0.717) is 33.2 Å². The van der Waals surface area contributed by atoms with Crippen LogP contribution >= 0.6 is 11.8 Å². The summed E-state index contributed by atoms with van der Waals surface area (Å²) in [7, 11) is 1.60. The summed E-state index contributed by atoms with van der Waals surface area (Å²) in [5.74, 6) is 1.98. The molecule has 0 aliphatic carbocycles. The number of thioether (sulfide) groups is 1. The first-order valence-electron chi connectivity index (χ1n) is 8.37. The highest BCUT2D eigenvalue weighted by atomic mass is 32.2. The van der Waals surface area contributed by atoms with Crippen molar-refractivity contribution < 1.29 is 9.26 Å². The zero-order valence-corrected chi connectivity index (χ0v) is 15.7. The van der Waals surface area contributed by atoms with E-state index in [1.54, 1.807) is 17.7 Å². The number of para-hydroxylation sites is 1. The van der Waals surface area contributed by atoms with E-state index in [9.17, 15) is 4.79 Å². The maximum Gasteiger partial charge on any atom is 0.266 e. The maximum absolute atomic E-state index is 13.2. The summed E-state index contributed by atoms with van der Waals surface area (Å²) in [6.45, 7) is 1.85. The molecule has 0 N–H and O–H groups in total. The van der Waals surface area contributed by atoms with Crippen LogP contribution in [0.4, 0.5) is 0 Å². The number of methoxy groups -OCH3 is 1. The molecule has 4 rings (SSSR count). The number of aryl methyl sites for hydroxylation is 1. The Hall–Kier alpha value is -3.06. The standard InChI is InChI=1S/C20H17N3O3S/c1-13-10-14(22-26-13)12-27-20-21-18-9-4-3-8-17(18)19(24)23(20)15-6-5-7-16(11-15)25-2/h3-11H,12H2,1-2H3. The molecule has 7 heteroatoms. The van der Waals surface area contributed by atoms with Crippen LogP contribution in [0.15, 0.2) is 69.1 Å². The van der Waals surface area contributed by atoms with Crippen molar-refractivity contribution in [1.82, 2.24) is 14.7 Å². The molecule has 2 aromatic heterocycles. The number of nitrogens with zero attached hydrogens (tertiary/aromatic N) is 3. The maximum atomic E-state index is 13.2. The Labute approximate surface area is 159 Å². The number of hydrogen-bond donors (Lipinski definition) is 0. The smallest absolute Gasteiger partial charge is 0.266 e. The summed E-state index contributed by atoms with van der Waals surface area (Å²) in [6.07, 6.45) is 0. The third kappa shape index (κ3) is 3.46. The largest absolute Gasteiger partial charge is 0.497 e. The first-order chi connectivity index (χ1) is 13.2. The van der Waals surface area contributed by atoms with Gasteiger partial charge in [-0.3, -0.25) is 9.36 Å². The lowest BCUT2D eigenvalue weighted by molar-refractivity contribution is 0.393. The van der Waals surface area contributed by atoms with Gasteiger partial charge in [-0.1, -0.05) is 35.1 Å². The number of hydrogen-bond acceptors (Lipinski definition) is 6. The van der Waals surface area contributed by atoms with Crippen LogP contribution < -0.4 is 10.3 Å². The fourth-order valence-electron chi connectivity index (χ4n) is 2.81. The van der Waals surface area contributed by atoms with Crippen LogP contribution in [0.2, 0.25) is 0 Å². The van der Waals surface area contributed by atoms with Crippen molar-refractivity contribution in [3.8, 4) is 11.4 Å². The van der Waals surface area contributed by atoms with Gasteiger partial charge in [0.2, 0.25) is 0 Å². The third-order valence-electron chi connectivity index (χ3n) is 4.08. The molecular weight excluding hydrogens is 362 g/mol. The molecule has 0 amide bonds. The summed E-state index contributed by atoms with van der Waals surface area (Å²) >= 11 is 1.44. The van der Waals surface area contributed by atoms with Gasteiger partial charge in [0.05, 0.1) is 29.4 Å². The van der Waals surface area contributed by atoms with Crippen LogP contribution in [0.25, 0.3) is 16.6 Å². The summed E-state index contributed by atoms with van der Waals surface area (Å²) in [4.78, 5) is 17.9. The van der Waals surface area contributed by atoms with Crippen molar-refractivity contribution >= 4 is 22.7 Å². The topological polar surface area (TPSA) is 70.2 Å². The zero-order chi connectivity index (χ0) is 18.8. The fourth-order valence-corrected chi connectivity index (χ4v) is 3.70. The predicted octanol–water partition coefficient (Wildman–Crippen LogP) is 3.98. The number of benzene rings is 2. The number of aromatic nitrogens is 3. The lowest BCUT2D eigenvalue weighted by atomic mass is 10.2. The number of ether oxygens (including phenoxy) is 1. The lowest BCUT2D eigenvalue weighted by Crippen LogP contribution is -2.21. The van der Waals surface area contributed by atoms with Gasteiger partial charge >= 0.3 is 0 Å². The van der Waals surface area contributed by atoms with Gasteiger partial charge in [0, 0.05) is 17.9 Å². The highest BCUT2D eigenvalue weighted by molar-refractivity contribution is 7.98. The molecule has 0 aliphatic heterocycles. The highest BCUT2D eigenvalue weighted by Gasteiger charge is 2.14. The van der Waals surface area contributed by atoms with Crippen LogP contribution in [0, 0.1) is 6.92 Å². The summed E-state index contributed by atoms with van der Waals surface area (Å²) < 4.78 is 12.0. The van der Waals surface area contributed by atoms with Crippen molar-refractivity contribution in [2.24, 2.45) is 0 Å². The molecule has 0 aliphatic rings. The highest BCUT2D eigenvalue weighted by Crippen LogP contribution is 2.26. The van der Waals surface area contributed by atoms with Crippen LogP contribution in [0.1, 0.15) is 11.5 Å². The van der Waals surface area contributed by atoms with E-state index in [1.165, 1.54) is 11.8 Å². The first-order valence-corrected chi connectivity index (χ1v) is 9.35. The molecule has 27 heavy (non-hydrogen) atoms. The normalized spacial score (nSPS) is 11.0. The molecule has 6 nitrogen and oxygen atoms in total. The van der Waals surface area contributed by atoms with E-state index >= 15 is 0 Å². The van der Waals surface area contributed by atoms with E-state index in [1.807, 2.05) is 55.5 Å². The molecule has 0 saturated carbocycles. The summed E-state index contributed by atoms with van der Waals surface area (Å²) in [6, 6.07) is 16.6. The van der Waals surface area contributed by atoms with E-state index in [2.05, 4.69) is 5.16 Å². The van der Waals surface area contributed by atoms with E-state index in [0.717, 1.165) is 11.5 Å². The Morgan fingerprint density at radius 3 is 2.78 bits per heavy atom. The lowest BCUT2D eigenvalue weighted by Gasteiger charge is -2.13. The quantitative estimate of drug-likeness (QED) is 0.386. The third-order valence-corrected chi connectivity index (χ3v) is 5.05. The molecular formula is C20H17N3O3S. The van der Waals surface area contributed by atoms with Gasteiger partial charge in [-0.05, 0) is 31.2 Å². The minimum Gasteiger partial charge on any atom is -0.497 e. The predicted molar refractivity (Wildman–Crippen MR) is 105 cm³/mol. The van der Waals surface area contributed by atoms with Gasteiger partial charge < -0.3 is 9.26 Å². The van der Waals surface area contributed by atoms with Crippen LogP contribution in [-0.4, -0.2) is 21.8 Å². The molecule has 0 radical (unpaired) electrons. The Bertz CT molecular complexity index is 1170. The van der Waals surface area contributed by atoms with E-state index in [4.69, 9.17) is 14.2 Å². The molecule has 0 atom stereocenters. The summed E-state index contributed by atoms with van der Waals surface area (Å²) in [5, 5.41) is 5.18. The Kier molecular flexibility index (Phi) is 4.68. The van der Waals surface area contributed by atoms with E-state index < -0.39 is 0 Å². The van der Waals surface area contributed by atoms with Gasteiger partial charge in [0.25, 0.3) is 5.56 Å². The van der Waals surface area contributed by atoms with E-state index in [-0.39, 0.29) is 5.56 Å². The monoisotopic (exact) mass is 379 g/mol. The number of fused-ring (bicyclic) bond motifs is 1. The SMILES string of the molecule is COc1cccc(-n2c(SCc3cc(C)on3)nc3ccccc3c2=O)c1. The fraction of sp³-hybridized carbons (Fsp3) is 0.150. The number of rotatable bonds is 5. The first kappa shape index (κ1) is 17.4.